The Balaban J connectivity index is 1.77. The first-order chi connectivity index (χ1) is 13.1. The van der Waals surface area contributed by atoms with Crippen LogP contribution < -0.4 is 20.1 Å². The van der Waals surface area contributed by atoms with Gasteiger partial charge in [0.2, 0.25) is 0 Å². The molecule has 1 aromatic rings. The summed E-state index contributed by atoms with van der Waals surface area (Å²) in [6.45, 7) is 9.39. The minimum absolute atomic E-state index is 0.455. The molecule has 1 aliphatic rings. The van der Waals surface area contributed by atoms with Gasteiger partial charge in [-0.25, -0.2) is 0 Å². The smallest absolute Gasteiger partial charge is 0.313 e. The van der Waals surface area contributed by atoms with Crippen LogP contribution in [0.25, 0.3) is 0 Å². The number of anilines is 1. The second-order valence-electron chi connectivity index (χ2n) is 6.05. The molecule has 2 amide bonds. The number of rotatable bonds is 9. The van der Waals surface area contributed by atoms with Crippen LogP contribution >= 0.6 is 0 Å². The summed E-state index contributed by atoms with van der Waals surface area (Å²) >= 11 is 0. The van der Waals surface area contributed by atoms with Crippen LogP contribution in [-0.4, -0.2) is 69.3 Å². The van der Waals surface area contributed by atoms with E-state index in [1.54, 1.807) is 18.2 Å². The van der Waals surface area contributed by atoms with Crippen molar-refractivity contribution in [1.82, 2.24) is 10.2 Å². The molecule has 8 nitrogen and oxygen atoms in total. The molecule has 2 rings (SSSR count). The van der Waals surface area contributed by atoms with E-state index >= 15 is 0 Å². The molecular weight excluding hydrogens is 350 g/mol. The quantitative estimate of drug-likeness (QED) is 0.496. The summed E-state index contributed by atoms with van der Waals surface area (Å²) < 4.78 is 16.3. The fourth-order valence-corrected chi connectivity index (χ4v) is 2.73. The molecule has 1 heterocycles. The Morgan fingerprint density at radius 3 is 2.48 bits per heavy atom. The van der Waals surface area contributed by atoms with Gasteiger partial charge in [0.25, 0.3) is 0 Å². The van der Waals surface area contributed by atoms with E-state index in [4.69, 9.17) is 14.2 Å². The molecule has 0 unspecified atom stereocenters. The lowest BCUT2D eigenvalue weighted by molar-refractivity contribution is -0.136. The summed E-state index contributed by atoms with van der Waals surface area (Å²) in [6, 6.07) is 5.04. The highest BCUT2D eigenvalue weighted by Gasteiger charge is 2.15. The monoisotopic (exact) mass is 379 g/mol. The van der Waals surface area contributed by atoms with Crippen LogP contribution in [0.1, 0.15) is 20.3 Å². The van der Waals surface area contributed by atoms with Gasteiger partial charge in [0.15, 0.2) is 11.5 Å². The molecule has 8 heteroatoms. The Morgan fingerprint density at radius 1 is 1.07 bits per heavy atom. The second-order valence-corrected chi connectivity index (χ2v) is 6.05. The van der Waals surface area contributed by atoms with E-state index in [0.29, 0.717) is 36.9 Å². The summed E-state index contributed by atoms with van der Waals surface area (Å²) in [4.78, 5) is 26.3. The fourth-order valence-electron chi connectivity index (χ4n) is 2.73. The first-order valence-electron chi connectivity index (χ1n) is 9.43. The Labute approximate surface area is 160 Å². The van der Waals surface area contributed by atoms with E-state index in [9.17, 15) is 9.59 Å². The SMILES string of the molecule is CCOc1ccc(NC(=O)C(=O)NCCCN2CCOCC2)cc1OCC. The highest BCUT2D eigenvalue weighted by Crippen LogP contribution is 2.30. The molecule has 0 bridgehead atoms. The molecule has 27 heavy (non-hydrogen) atoms. The molecular formula is C19H29N3O5. The van der Waals surface area contributed by atoms with Crippen LogP contribution in [0.5, 0.6) is 11.5 Å². The second kappa shape index (κ2) is 11.4. The van der Waals surface area contributed by atoms with E-state index in [-0.39, 0.29) is 0 Å². The van der Waals surface area contributed by atoms with Crippen molar-refractivity contribution in [2.24, 2.45) is 0 Å². The van der Waals surface area contributed by atoms with Gasteiger partial charge < -0.3 is 24.8 Å². The predicted molar refractivity (Wildman–Crippen MR) is 102 cm³/mol. The molecule has 1 aromatic carbocycles. The number of amides is 2. The summed E-state index contributed by atoms with van der Waals surface area (Å²) in [7, 11) is 0. The normalized spacial score (nSPS) is 14.4. The average molecular weight is 379 g/mol. The van der Waals surface area contributed by atoms with Gasteiger partial charge in [-0.15, -0.1) is 0 Å². The van der Waals surface area contributed by atoms with Gasteiger partial charge >= 0.3 is 11.8 Å². The highest BCUT2D eigenvalue weighted by atomic mass is 16.5. The number of hydrogen-bond acceptors (Lipinski definition) is 6. The van der Waals surface area contributed by atoms with Crippen LogP contribution in [0.15, 0.2) is 18.2 Å². The standard InChI is InChI=1S/C19H29N3O5/c1-3-26-16-7-6-15(14-17(16)27-4-2)21-19(24)18(23)20-8-5-9-22-10-12-25-13-11-22/h6-7,14H,3-5,8-13H2,1-2H3,(H,20,23)(H,21,24). The molecule has 1 fully saturated rings. The van der Waals surface area contributed by atoms with Gasteiger partial charge in [-0.2, -0.15) is 0 Å². The Hall–Kier alpha value is -2.32. The Morgan fingerprint density at radius 2 is 1.78 bits per heavy atom. The van der Waals surface area contributed by atoms with Crippen LogP contribution in [0.3, 0.4) is 0 Å². The lowest BCUT2D eigenvalue weighted by atomic mass is 10.2. The van der Waals surface area contributed by atoms with Gasteiger partial charge in [-0.3, -0.25) is 14.5 Å². The van der Waals surface area contributed by atoms with E-state index in [1.807, 2.05) is 13.8 Å². The summed E-state index contributed by atoms with van der Waals surface area (Å²) in [6.07, 6.45) is 0.788. The zero-order valence-corrected chi connectivity index (χ0v) is 16.1. The molecule has 0 saturated carbocycles. The maximum Gasteiger partial charge on any atom is 0.313 e. The molecule has 0 spiro atoms. The Kier molecular flexibility index (Phi) is 8.86. The van der Waals surface area contributed by atoms with Gasteiger partial charge in [-0.05, 0) is 38.9 Å². The van der Waals surface area contributed by atoms with Gasteiger partial charge in [-0.1, -0.05) is 0 Å². The lowest BCUT2D eigenvalue weighted by Gasteiger charge is -2.26. The number of carbonyl (C=O) groups excluding carboxylic acids is 2. The lowest BCUT2D eigenvalue weighted by Crippen LogP contribution is -2.39. The van der Waals surface area contributed by atoms with Crippen LogP contribution in [0.2, 0.25) is 0 Å². The third kappa shape index (κ3) is 7.07. The zero-order valence-electron chi connectivity index (χ0n) is 16.1. The van der Waals surface area contributed by atoms with E-state index in [2.05, 4.69) is 15.5 Å². The number of nitrogens with one attached hydrogen (secondary N) is 2. The van der Waals surface area contributed by atoms with Crippen LogP contribution in [-0.2, 0) is 14.3 Å². The van der Waals surface area contributed by atoms with Crippen molar-refractivity contribution in [2.45, 2.75) is 20.3 Å². The van der Waals surface area contributed by atoms with Crippen LogP contribution in [0, 0.1) is 0 Å². The third-order valence-electron chi connectivity index (χ3n) is 4.05. The van der Waals surface area contributed by atoms with Crippen molar-refractivity contribution in [3.8, 4) is 11.5 Å². The number of carbonyl (C=O) groups is 2. The largest absolute Gasteiger partial charge is 0.490 e. The number of morpholine rings is 1. The Bertz CT molecular complexity index is 617. The molecule has 1 saturated heterocycles. The molecule has 1 aliphatic heterocycles. The third-order valence-corrected chi connectivity index (χ3v) is 4.05. The topological polar surface area (TPSA) is 89.1 Å². The molecule has 150 valence electrons. The first kappa shape index (κ1) is 21.0. The van der Waals surface area contributed by atoms with Gasteiger partial charge in [0.05, 0.1) is 26.4 Å². The maximum absolute atomic E-state index is 12.1. The number of benzene rings is 1. The molecule has 0 atom stereocenters. The molecule has 0 aliphatic carbocycles. The fraction of sp³-hybridized carbons (Fsp3) is 0.579. The van der Waals surface area contributed by atoms with E-state index < -0.39 is 11.8 Å². The predicted octanol–water partition coefficient (Wildman–Crippen LogP) is 1.26. The van der Waals surface area contributed by atoms with E-state index in [1.165, 1.54) is 0 Å². The zero-order chi connectivity index (χ0) is 19.5. The average Bonchev–Trinajstić information content (AvgIpc) is 2.68. The van der Waals surface area contributed by atoms with Gasteiger partial charge in [0.1, 0.15) is 0 Å². The first-order valence-corrected chi connectivity index (χ1v) is 9.43. The van der Waals surface area contributed by atoms with Crippen molar-refractivity contribution in [3.63, 3.8) is 0 Å². The molecule has 2 N–H and O–H groups in total. The van der Waals surface area contributed by atoms with Crippen molar-refractivity contribution in [1.29, 1.82) is 0 Å². The van der Waals surface area contributed by atoms with Crippen molar-refractivity contribution < 1.29 is 23.8 Å². The maximum atomic E-state index is 12.1. The van der Waals surface area contributed by atoms with Gasteiger partial charge in [0, 0.05) is 31.4 Å². The number of hydrogen-bond donors (Lipinski definition) is 2. The molecule has 0 aromatic heterocycles. The highest BCUT2D eigenvalue weighted by molar-refractivity contribution is 6.39. The summed E-state index contributed by atoms with van der Waals surface area (Å²) in [5.41, 5.74) is 0.482. The number of ether oxygens (including phenoxy) is 3. The number of nitrogens with zero attached hydrogens (tertiary/aromatic N) is 1. The summed E-state index contributed by atoms with van der Waals surface area (Å²) in [5.74, 6) is -0.218. The minimum atomic E-state index is -0.701. The van der Waals surface area contributed by atoms with E-state index in [0.717, 1.165) is 39.3 Å². The summed E-state index contributed by atoms with van der Waals surface area (Å²) in [5, 5.41) is 5.24. The van der Waals surface area contributed by atoms with Crippen molar-refractivity contribution >= 4 is 17.5 Å². The molecule has 0 radical (unpaired) electrons. The van der Waals surface area contributed by atoms with Crippen molar-refractivity contribution in [3.05, 3.63) is 18.2 Å². The van der Waals surface area contributed by atoms with Crippen LogP contribution in [0.4, 0.5) is 5.69 Å². The minimum Gasteiger partial charge on any atom is -0.490 e. The van der Waals surface area contributed by atoms with Crippen molar-refractivity contribution in [2.75, 3.05) is 57.9 Å².